The van der Waals surface area contributed by atoms with Gasteiger partial charge in [0.25, 0.3) is 0 Å². The maximum Gasteiger partial charge on any atom is 0.0827 e. The molecule has 0 aromatic heterocycles. The van der Waals surface area contributed by atoms with Crippen molar-refractivity contribution in [2.24, 2.45) is 0 Å². The van der Waals surface area contributed by atoms with Crippen LogP contribution in [0.1, 0.15) is 19.3 Å². The maximum atomic E-state index is 5.66. The summed E-state index contributed by atoms with van der Waals surface area (Å²) in [5.74, 6) is 0. The minimum absolute atomic E-state index is 0. The van der Waals surface area contributed by atoms with Crippen molar-refractivity contribution in [1.82, 2.24) is 5.32 Å². The summed E-state index contributed by atoms with van der Waals surface area (Å²) in [4.78, 5) is 0. The Balaban J connectivity index is 0.000000500. The molecule has 2 aliphatic rings. The highest BCUT2D eigenvalue weighted by Crippen LogP contribution is 2.23. The van der Waals surface area contributed by atoms with Gasteiger partial charge in [0.1, 0.15) is 0 Å². The van der Waals surface area contributed by atoms with Gasteiger partial charge in [0.05, 0.1) is 12.2 Å². The van der Waals surface area contributed by atoms with Crippen LogP contribution in [0.4, 0.5) is 0 Å². The van der Waals surface area contributed by atoms with Crippen LogP contribution in [0.5, 0.6) is 0 Å². The normalized spacial score (nSPS) is 26.4. The van der Waals surface area contributed by atoms with E-state index in [1.807, 2.05) is 0 Å². The number of ether oxygens (including phenoxy) is 1. The Morgan fingerprint density at radius 3 is 2.10 bits per heavy atom. The van der Waals surface area contributed by atoms with E-state index in [-0.39, 0.29) is 12.4 Å². The van der Waals surface area contributed by atoms with Crippen LogP contribution >= 0.6 is 12.4 Å². The van der Waals surface area contributed by atoms with Crippen LogP contribution in [0.25, 0.3) is 0 Å². The van der Waals surface area contributed by atoms with E-state index in [9.17, 15) is 0 Å². The van der Waals surface area contributed by atoms with Crippen molar-refractivity contribution < 1.29 is 4.74 Å². The van der Waals surface area contributed by atoms with Crippen LogP contribution in [0, 0.1) is 0 Å². The van der Waals surface area contributed by atoms with E-state index in [1.54, 1.807) is 0 Å². The molecule has 2 fully saturated rings. The molecule has 2 nitrogen and oxygen atoms in total. The summed E-state index contributed by atoms with van der Waals surface area (Å²) in [5.41, 5.74) is 0. The molecule has 0 atom stereocenters. The lowest BCUT2D eigenvalue weighted by atomic mass is 9.96. The van der Waals surface area contributed by atoms with Crippen molar-refractivity contribution in [2.75, 3.05) is 13.1 Å². The molecule has 0 spiro atoms. The zero-order valence-corrected chi connectivity index (χ0v) is 6.82. The van der Waals surface area contributed by atoms with Gasteiger partial charge in [-0.3, -0.25) is 0 Å². The molecule has 0 aromatic carbocycles. The predicted molar refractivity (Wildman–Crippen MR) is 42.6 cm³/mol. The van der Waals surface area contributed by atoms with E-state index < -0.39 is 0 Å². The van der Waals surface area contributed by atoms with Crippen LogP contribution in [-0.4, -0.2) is 25.3 Å². The molecule has 10 heavy (non-hydrogen) atoms. The molecule has 0 bridgehead atoms. The van der Waals surface area contributed by atoms with E-state index >= 15 is 0 Å². The molecule has 1 saturated heterocycles. The Morgan fingerprint density at radius 1 is 1.10 bits per heavy atom. The van der Waals surface area contributed by atoms with Crippen molar-refractivity contribution in [3.8, 4) is 0 Å². The number of nitrogens with one attached hydrogen (secondary N) is 1. The zero-order valence-electron chi connectivity index (χ0n) is 6.01. The van der Waals surface area contributed by atoms with Crippen LogP contribution in [0.3, 0.4) is 0 Å². The zero-order chi connectivity index (χ0) is 6.10. The molecule has 3 heteroatoms. The topological polar surface area (TPSA) is 21.3 Å². The molecule has 1 aliphatic carbocycles. The number of halogens is 1. The summed E-state index contributed by atoms with van der Waals surface area (Å²) >= 11 is 0. The molecule has 60 valence electrons. The minimum atomic E-state index is 0. The first kappa shape index (κ1) is 8.31. The van der Waals surface area contributed by atoms with Gasteiger partial charge in [0.2, 0.25) is 0 Å². The standard InChI is InChI=1S/C7H13NO.ClH/c1-2-6(3-1)9-7-4-8-5-7;/h6-8H,1-5H2;1H. The minimum Gasteiger partial charge on any atom is -0.372 e. The van der Waals surface area contributed by atoms with Crippen LogP contribution in [0.15, 0.2) is 0 Å². The molecular weight excluding hydrogens is 150 g/mol. The van der Waals surface area contributed by atoms with Gasteiger partial charge in [0.15, 0.2) is 0 Å². The molecule has 1 saturated carbocycles. The van der Waals surface area contributed by atoms with Crippen LogP contribution < -0.4 is 5.32 Å². The smallest absolute Gasteiger partial charge is 0.0827 e. The fourth-order valence-corrected chi connectivity index (χ4v) is 1.14. The van der Waals surface area contributed by atoms with Gasteiger partial charge in [-0.15, -0.1) is 12.4 Å². The first-order chi connectivity index (χ1) is 4.45. The first-order valence-corrected chi connectivity index (χ1v) is 3.81. The first-order valence-electron chi connectivity index (χ1n) is 3.81. The number of rotatable bonds is 2. The summed E-state index contributed by atoms with van der Waals surface area (Å²) in [6, 6.07) is 0. The van der Waals surface area contributed by atoms with Gasteiger partial charge in [-0.25, -0.2) is 0 Å². The highest BCUT2D eigenvalue weighted by Gasteiger charge is 2.25. The summed E-state index contributed by atoms with van der Waals surface area (Å²) < 4.78 is 5.66. The lowest BCUT2D eigenvalue weighted by Gasteiger charge is -2.35. The van der Waals surface area contributed by atoms with Crippen molar-refractivity contribution in [1.29, 1.82) is 0 Å². The van der Waals surface area contributed by atoms with Gasteiger partial charge in [-0.2, -0.15) is 0 Å². The lowest BCUT2D eigenvalue weighted by molar-refractivity contribution is -0.0707. The molecule has 1 aliphatic heterocycles. The molecule has 0 amide bonds. The Bertz CT molecular complexity index is 89.8. The Kier molecular flexibility index (Phi) is 2.96. The third kappa shape index (κ3) is 1.62. The number of hydrogen-bond donors (Lipinski definition) is 1. The van der Waals surface area contributed by atoms with Crippen LogP contribution in [-0.2, 0) is 4.74 Å². The fraction of sp³-hybridized carbons (Fsp3) is 1.00. The number of hydrogen-bond acceptors (Lipinski definition) is 2. The van der Waals surface area contributed by atoms with E-state index in [1.165, 1.54) is 19.3 Å². The quantitative estimate of drug-likeness (QED) is 0.655. The van der Waals surface area contributed by atoms with Crippen LogP contribution in [0.2, 0.25) is 0 Å². The lowest BCUT2D eigenvalue weighted by Crippen LogP contribution is -2.50. The SMILES string of the molecule is C1CC(OC2CNC2)C1.Cl. The van der Waals surface area contributed by atoms with E-state index in [4.69, 9.17) is 4.74 Å². The average Bonchev–Trinajstić information content (AvgIpc) is 1.57. The van der Waals surface area contributed by atoms with Gasteiger partial charge in [-0.05, 0) is 19.3 Å². The second-order valence-corrected chi connectivity index (χ2v) is 2.97. The Hall–Kier alpha value is 0.210. The van der Waals surface area contributed by atoms with Crippen molar-refractivity contribution in [2.45, 2.75) is 31.5 Å². The molecule has 2 rings (SSSR count). The summed E-state index contributed by atoms with van der Waals surface area (Å²) in [6.45, 7) is 2.16. The monoisotopic (exact) mass is 163 g/mol. The average molecular weight is 164 g/mol. The molecule has 0 radical (unpaired) electrons. The van der Waals surface area contributed by atoms with Gasteiger partial charge in [0, 0.05) is 13.1 Å². The third-order valence-electron chi connectivity index (χ3n) is 2.18. The van der Waals surface area contributed by atoms with E-state index in [0.29, 0.717) is 12.2 Å². The molecule has 0 aromatic rings. The third-order valence-corrected chi connectivity index (χ3v) is 2.18. The fourth-order valence-electron chi connectivity index (χ4n) is 1.14. The van der Waals surface area contributed by atoms with Crippen molar-refractivity contribution in [3.05, 3.63) is 0 Å². The summed E-state index contributed by atoms with van der Waals surface area (Å²) in [6.07, 6.45) is 5.16. The van der Waals surface area contributed by atoms with E-state index in [0.717, 1.165) is 13.1 Å². The van der Waals surface area contributed by atoms with Crippen molar-refractivity contribution >= 4 is 12.4 Å². The van der Waals surface area contributed by atoms with Crippen molar-refractivity contribution in [3.63, 3.8) is 0 Å². The van der Waals surface area contributed by atoms with Gasteiger partial charge in [-0.1, -0.05) is 0 Å². The molecular formula is C7H14ClNO. The molecule has 0 unspecified atom stereocenters. The Labute approximate surface area is 67.7 Å². The second kappa shape index (κ2) is 3.56. The molecule has 1 heterocycles. The maximum absolute atomic E-state index is 5.66. The highest BCUT2D eigenvalue weighted by molar-refractivity contribution is 5.85. The Morgan fingerprint density at radius 2 is 1.80 bits per heavy atom. The van der Waals surface area contributed by atoms with Gasteiger partial charge >= 0.3 is 0 Å². The molecule has 1 N–H and O–H groups in total. The van der Waals surface area contributed by atoms with Gasteiger partial charge < -0.3 is 10.1 Å². The largest absolute Gasteiger partial charge is 0.372 e. The summed E-state index contributed by atoms with van der Waals surface area (Å²) in [7, 11) is 0. The van der Waals surface area contributed by atoms with E-state index in [2.05, 4.69) is 5.32 Å². The second-order valence-electron chi connectivity index (χ2n) is 2.97. The summed E-state index contributed by atoms with van der Waals surface area (Å²) in [5, 5.41) is 3.19. The predicted octanol–water partition coefficient (Wildman–Crippen LogP) is 0.949. The highest BCUT2D eigenvalue weighted by atomic mass is 35.5.